The second kappa shape index (κ2) is 6.51. The van der Waals surface area contributed by atoms with E-state index in [2.05, 4.69) is 10.4 Å². The third kappa shape index (κ3) is 3.16. The van der Waals surface area contributed by atoms with Crippen molar-refractivity contribution in [3.8, 4) is 0 Å². The zero-order chi connectivity index (χ0) is 14.5. The van der Waals surface area contributed by atoms with Crippen molar-refractivity contribution in [2.24, 2.45) is 5.73 Å². The van der Waals surface area contributed by atoms with E-state index in [1.165, 1.54) is 0 Å². The molecule has 110 valence electrons. The van der Waals surface area contributed by atoms with Crippen molar-refractivity contribution in [1.29, 1.82) is 0 Å². The lowest BCUT2D eigenvalue weighted by Crippen LogP contribution is -2.37. The Labute approximate surface area is 118 Å². The first kappa shape index (κ1) is 14.5. The highest BCUT2D eigenvalue weighted by molar-refractivity contribution is 5.97. The molecule has 0 unspecified atom stereocenters. The van der Waals surface area contributed by atoms with E-state index in [4.69, 9.17) is 5.73 Å². The Balaban J connectivity index is 2.12. The van der Waals surface area contributed by atoms with E-state index in [-0.39, 0.29) is 18.4 Å². The number of nitrogens with one attached hydrogen (secondary N) is 1. The summed E-state index contributed by atoms with van der Waals surface area (Å²) < 4.78 is 1.79. The second-order valence-electron chi connectivity index (χ2n) is 4.94. The van der Waals surface area contributed by atoms with Crippen LogP contribution in [-0.4, -0.2) is 52.7 Å². The molecule has 1 aliphatic heterocycles. The van der Waals surface area contributed by atoms with Crippen LogP contribution < -0.4 is 11.1 Å². The summed E-state index contributed by atoms with van der Waals surface area (Å²) in [5.74, 6) is -0.234. The van der Waals surface area contributed by atoms with Gasteiger partial charge in [0.25, 0.3) is 5.91 Å². The minimum Gasteiger partial charge on any atom is -0.354 e. The van der Waals surface area contributed by atoms with Crippen molar-refractivity contribution in [3.05, 3.63) is 17.5 Å². The molecule has 1 saturated heterocycles. The second-order valence-corrected chi connectivity index (χ2v) is 4.94. The normalized spacial score (nSPS) is 15.9. The minimum absolute atomic E-state index is 0.107. The van der Waals surface area contributed by atoms with Crippen LogP contribution >= 0.6 is 0 Å². The summed E-state index contributed by atoms with van der Waals surface area (Å²) in [6, 6.07) is 0. The van der Waals surface area contributed by atoms with E-state index in [0.717, 1.165) is 18.5 Å². The number of aromatic nitrogens is 2. The first-order valence-corrected chi connectivity index (χ1v) is 6.92. The van der Waals surface area contributed by atoms with E-state index < -0.39 is 0 Å². The molecule has 0 aromatic carbocycles. The molecule has 0 radical (unpaired) electrons. The topological polar surface area (TPSA) is 93.2 Å². The molecule has 7 nitrogen and oxygen atoms in total. The van der Waals surface area contributed by atoms with Gasteiger partial charge in [-0.05, 0) is 26.3 Å². The summed E-state index contributed by atoms with van der Waals surface area (Å²) in [6.45, 7) is 4.49. The third-order valence-electron chi connectivity index (χ3n) is 3.46. The molecule has 0 aliphatic carbocycles. The summed E-state index contributed by atoms with van der Waals surface area (Å²) in [5, 5.41) is 6.99. The van der Waals surface area contributed by atoms with Gasteiger partial charge >= 0.3 is 0 Å². The molecule has 1 aromatic heterocycles. The number of aryl methyl sites for hydroxylation is 1. The van der Waals surface area contributed by atoms with E-state index in [0.29, 0.717) is 31.7 Å². The van der Waals surface area contributed by atoms with Crippen molar-refractivity contribution in [2.75, 3.05) is 26.2 Å². The first-order valence-electron chi connectivity index (χ1n) is 6.92. The van der Waals surface area contributed by atoms with Crippen LogP contribution in [-0.2, 0) is 11.3 Å². The van der Waals surface area contributed by atoms with Crippen LogP contribution in [0.15, 0.2) is 6.20 Å². The maximum absolute atomic E-state index is 12.5. The predicted octanol–water partition coefficient (Wildman–Crippen LogP) is -0.498. The highest BCUT2D eigenvalue weighted by Gasteiger charge is 2.23. The van der Waals surface area contributed by atoms with Gasteiger partial charge in [0.05, 0.1) is 18.3 Å². The standard InChI is InChI=1S/C13H21N5O2/c1-10-11(8-16-18(10)7-2-4-14)13(20)17-6-3-5-15-12(19)9-17/h8H,2-7,9,14H2,1H3,(H,15,19). The van der Waals surface area contributed by atoms with Gasteiger partial charge in [0.15, 0.2) is 0 Å². The highest BCUT2D eigenvalue weighted by Crippen LogP contribution is 2.12. The third-order valence-corrected chi connectivity index (χ3v) is 3.46. The molecule has 1 aliphatic rings. The molecule has 1 aromatic rings. The molecule has 20 heavy (non-hydrogen) atoms. The zero-order valence-corrected chi connectivity index (χ0v) is 11.8. The van der Waals surface area contributed by atoms with E-state index in [1.807, 2.05) is 6.92 Å². The zero-order valence-electron chi connectivity index (χ0n) is 11.8. The molecule has 1 fully saturated rings. The van der Waals surface area contributed by atoms with Gasteiger partial charge < -0.3 is 16.0 Å². The van der Waals surface area contributed by atoms with Gasteiger partial charge in [-0.25, -0.2) is 0 Å². The van der Waals surface area contributed by atoms with Crippen LogP contribution in [0.1, 0.15) is 28.9 Å². The Hall–Kier alpha value is -1.89. The number of carbonyl (C=O) groups is 2. The molecular formula is C13H21N5O2. The minimum atomic E-state index is -0.126. The molecule has 3 N–H and O–H groups in total. The van der Waals surface area contributed by atoms with Gasteiger partial charge in [-0.3, -0.25) is 14.3 Å². The summed E-state index contributed by atoms with van der Waals surface area (Å²) in [4.78, 5) is 25.6. The molecular weight excluding hydrogens is 258 g/mol. The molecule has 0 saturated carbocycles. The molecule has 0 bridgehead atoms. The van der Waals surface area contributed by atoms with Crippen molar-refractivity contribution in [2.45, 2.75) is 26.3 Å². The Bertz CT molecular complexity index is 497. The largest absolute Gasteiger partial charge is 0.354 e. The average molecular weight is 279 g/mol. The van der Waals surface area contributed by atoms with Crippen LogP contribution in [0.4, 0.5) is 0 Å². The number of amides is 2. The summed E-state index contributed by atoms with van der Waals surface area (Å²) >= 11 is 0. The molecule has 2 amide bonds. The van der Waals surface area contributed by atoms with Gasteiger partial charge in [0, 0.05) is 25.3 Å². The Morgan fingerprint density at radius 3 is 3.10 bits per heavy atom. The lowest BCUT2D eigenvalue weighted by atomic mass is 10.2. The van der Waals surface area contributed by atoms with Gasteiger partial charge in [-0.2, -0.15) is 5.10 Å². The number of nitrogens with zero attached hydrogens (tertiary/aromatic N) is 3. The molecule has 2 heterocycles. The molecule has 0 atom stereocenters. The summed E-state index contributed by atoms with van der Waals surface area (Å²) in [7, 11) is 0. The fourth-order valence-corrected chi connectivity index (χ4v) is 2.27. The van der Waals surface area contributed by atoms with Crippen LogP contribution in [0.2, 0.25) is 0 Å². The number of rotatable bonds is 4. The molecule has 0 spiro atoms. The van der Waals surface area contributed by atoms with Gasteiger partial charge in [-0.15, -0.1) is 0 Å². The van der Waals surface area contributed by atoms with Gasteiger partial charge in [0.1, 0.15) is 0 Å². The summed E-state index contributed by atoms with van der Waals surface area (Å²) in [5.41, 5.74) is 6.88. The Morgan fingerprint density at radius 2 is 2.35 bits per heavy atom. The number of nitrogens with two attached hydrogens (primary N) is 1. The molecule has 7 heteroatoms. The van der Waals surface area contributed by atoms with Crippen molar-refractivity contribution >= 4 is 11.8 Å². The maximum Gasteiger partial charge on any atom is 0.257 e. The van der Waals surface area contributed by atoms with Crippen molar-refractivity contribution in [3.63, 3.8) is 0 Å². The first-order chi connectivity index (χ1) is 9.63. The van der Waals surface area contributed by atoms with Crippen LogP contribution in [0.5, 0.6) is 0 Å². The Kier molecular flexibility index (Phi) is 4.73. The van der Waals surface area contributed by atoms with Crippen molar-refractivity contribution in [1.82, 2.24) is 20.0 Å². The number of hydrogen-bond acceptors (Lipinski definition) is 4. The van der Waals surface area contributed by atoms with Gasteiger partial charge in [-0.1, -0.05) is 0 Å². The lowest BCUT2D eigenvalue weighted by molar-refractivity contribution is -0.121. The summed E-state index contributed by atoms with van der Waals surface area (Å²) in [6.07, 6.45) is 3.18. The smallest absolute Gasteiger partial charge is 0.257 e. The van der Waals surface area contributed by atoms with E-state index in [1.54, 1.807) is 15.8 Å². The van der Waals surface area contributed by atoms with Gasteiger partial charge in [0.2, 0.25) is 5.91 Å². The average Bonchev–Trinajstić information content (AvgIpc) is 2.65. The Morgan fingerprint density at radius 1 is 1.55 bits per heavy atom. The SMILES string of the molecule is Cc1c(C(=O)N2CCCNC(=O)C2)cnn1CCCN. The monoisotopic (exact) mass is 279 g/mol. The lowest BCUT2D eigenvalue weighted by Gasteiger charge is -2.18. The van der Waals surface area contributed by atoms with E-state index in [9.17, 15) is 9.59 Å². The number of hydrogen-bond donors (Lipinski definition) is 2. The fraction of sp³-hybridized carbons (Fsp3) is 0.615. The maximum atomic E-state index is 12.5. The quantitative estimate of drug-likeness (QED) is 0.777. The number of carbonyl (C=O) groups excluding carboxylic acids is 2. The van der Waals surface area contributed by atoms with Crippen LogP contribution in [0.25, 0.3) is 0 Å². The fourth-order valence-electron chi connectivity index (χ4n) is 2.27. The van der Waals surface area contributed by atoms with E-state index >= 15 is 0 Å². The molecule has 2 rings (SSSR count). The van der Waals surface area contributed by atoms with Crippen LogP contribution in [0.3, 0.4) is 0 Å². The van der Waals surface area contributed by atoms with Crippen molar-refractivity contribution < 1.29 is 9.59 Å². The van der Waals surface area contributed by atoms with Crippen LogP contribution in [0, 0.1) is 6.92 Å². The predicted molar refractivity (Wildman–Crippen MR) is 74.2 cm³/mol. The highest BCUT2D eigenvalue weighted by atomic mass is 16.2.